The molecule has 0 radical (unpaired) electrons. The summed E-state index contributed by atoms with van der Waals surface area (Å²) in [6, 6.07) is 0. The summed E-state index contributed by atoms with van der Waals surface area (Å²) in [4.78, 5) is 0. The van der Waals surface area contributed by atoms with Gasteiger partial charge in [0.25, 0.3) is 0 Å². The fourth-order valence-electron chi connectivity index (χ4n) is 0. The van der Waals surface area contributed by atoms with Gasteiger partial charge in [-0.25, -0.2) is 0 Å². The zero-order valence-corrected chi connectivity index (χ0v) is 22.5. The zero-order chi connectivity index (χ0) is 18.0. The Hall–Kier alpha value is 1.40. The van der Waals surface area contributed by atoms with Crippen LogP contribution in [0.1, 0.15) is 0 Å². The smallest absolute Gasteiger partial charge is 0.342 e. The van der Waals surface area contributed by atoms with Crippen molar-refractivity contribution < 1.29 is 17.4 Å². The third-order valence-electron chi connectivity index (χ3n) is 0. The van der Waals surface area contributed by atoms with Crippen LogP contribution in [0.15, 0.2) is 0 Å². The number of hydrogen-bond donors (Lipinski definition) is 0. The Kier molecular flexibility index (Phi) is 22.3. The van der Waals surface area contributed by atoms with E-state index in [4.69, 9.17) is 0 Å². The van der Waals surface area contributed by atoms with E-state index >= 15 is 0 Å². The minimum Gasteiger partial charge on any atom is -0.342 e. The van der Waals surface area contributed by atoms with E-state index in [9.17, 15) is 0 Å². The van der Waals surface area contributed by atoms with E-state index in [0.29, 0.717) is 0 Å². The first-order chi connectivity index (χ1) is 8.00. The molecule has 0 atom stereocenters. The summed E-state index contributed by atoms with van der Waals surface area (Å²) in [5.41, 5.74) is 0. The maximum atomic E-state index is 3.91. The average Bonchev–Trinajstić information content (AvgIpc) is 1.62. The summed E-state index contributed by atoms with van der Waals surface area (Å²) in [6.45, 7) is 42.2. The van der Waals surface area contributed by atoms with Crippen LogP contribution >= 0.6 is 0 Å². The molecule has 0 N–H and O–H groups in total. The van der Waals surface area contributed by atoms with Crippen molar-refractivity contribution >= 4 is 32.3 Å². The molecule has 0 aliphatic rings. The molecule has 130 valence electrons. The van der Waals surface area contributed by atoms with Crippen LogP contribution in [0, 0.1) is 26.2 Å². The van der Waals surface area contributed by atoms with Gasteiger partial charge < -0.3 is 26.2 Å². The molecule has 0 aliphatic heterocycles. The molecule has 21 heavy (non-hydrogen) atoms. The van der Waals surface area contributed by atoms with Crippen molar-refractivity contribution in [1.82, 2.24) is 0 Å². The fourth-order valence-corrected chi connectivity index (χ4v) is 0. The Labute approximate surface area is 154 Å². The first-order valence-electron chi connectivity index (χ1n) is 7.41. The van der Waals surface area contributed by atoms with Gasteiger partial charge >= 0.3 is 17.4 Å². The molecule has 0 heterocycles. The van der Waals surface area contributed by atoms with Gasteiger partial charge in [-0.1, -0.05) is 78.6 Å². The molecule has 0 rings (SSSR count). The van der Waals surface area contributed by atoms with Gasteiger partial charge in [-0.2, -0.15) is 0 Å². The van der Waals surface area contributed by atoms with Crippen LogP contribution in [0.4, 0.5) is 0 Å². The normalized spacial score (nSPS) is 11.4. The van der Waals surface area contributed by atoms with Gasteiger partial charge in [-0.05, 0) is 0 Å². The number of rotatable bonds is 0. The molecule has 0 aliphatic carbocycles. The van der Waals surface area contributed by atoms with Crippen LogP contribution in [-0.2, 0) is 17.4 Å². The predicted molar refractivity (Wildman–Crippen MR) is 115 cm³/mol. The summed E-state index contributed by atoms with van der Waals surface area (Å²) in [6.07, 6.45) is 0. The molecule has 0 aromatic carbocycles. The van der Waals surface area contributed by atoms with E-state index in [1.165, 1.54) is 0 Å². The van der Waals surface area contributed by atoms with E-state index in [1.807, 2.05) is 0 Å². The molecule has 0 aromatic rings. The molecule has 0 saturated carbocycles. The summed E-state index contributed by atoms with van der Waals surface area (Å²) < 4.78 is 0. The maximum Gasteiger partial charge on any atom is 4.00 e. The second-order valence-electron chi connectivity index (χ2n) is 10.2. The Balaban J connectivity index is -0.0000000533. The predicted octanol–water partition coefficient (Wildman–Crippen LogP) is 6.79. The van der Waals surface area contributed by atoms with Crippen molar-refractivity contribution in [1.29, 1.82) is 0 Å². The van der Waals surface area contributed by atoms with Gasteiger partial charge in [0.05, 0.1) is 0 Å². The van der Waals surface area contributed by atoms with Gasteiger partial charge in [-0.15, -0.1) is 32.3 Å². The second-order valence-corrected chi connectivity index (χ2v) is 30.7. The molecule has 0 spiro atoms. The minimum absolute atomic E-state index is 0. The molecule has 5 heteroatoms. The van der Waals surface area contributed by atoms with Crippen LogP contribution in [0.3, 0.4) is 0 Å². The molecule has 0 saturated heterocycles. The van der Waals surface area contributed by atoms with E-state index in [1.54, 1.807) is 0 Å². The fraction of sp³-hybridized carbons (Fsp3) is 0.750. The average molecular weight is 401 g/mol. The van der Waals surface area contributed by atoms with Crippen LogP contribution in [0.2, 0.25) is 78.6 Å². The molecular formula is C16H44CrSi4. The van der Waals surface area contributed by atoms with Gasteiger partial charge in [-0.3, -0.25) is 0 Å². The first kappa shape index (κ1) is 33.9. The zero-order valence-electron chi connectivity index (χ0n) is 17.2. The van der Waals surface area contributed by atoms with E-state index in [2.05, 4.69) is 105 Å². The van der Waals surface area contributed by atoms with E-state index in [0.717, 1.165) is 0 Å². The first-order valence-corrected chi connectivity index (χ1v) is 22.2. The monoisotopic (exact) mass is 400 g/mol. The number of hydrogen-bond acceptors (Lipinski definition) is 0. The standard InChI is InChI=1S/4C4H11Si.Cr/c4*1-5(2,3)4;/h4*1H2,2-4H3;/q4*-1;+4. The third kappa shape index (κ3) is 4110. The van der Waals surface area contributed by atoms with Gasteiger partial charge in [0.15, 0.2) is 0 Å². The Morgan fingerprint density at radius 2 is 0.333 bits per heavy atom. The second kappa shape index (κ2) is 13.8. The summed E-state index contributed by atoms with van der Waals surface area (Å²) >= 11 is 0. The molecular weight excluding hydrogens is 357 g/mol. The van der Waals surface area contributed by atoms with Crippen molar-refractivity contribution in [2.75, 3.05) is 0 Å². The van der Waals surface area contributed by atoms with E-state index < -0.39 is 32.3 Å². The van der Waals surface area contributed by atoms with Crippen LogP contribution in [-0.4, -0.2) is 32.3 Å². The Bertz CT molecular complexity index is 130. The molecule has 0 fully saturated rings. The van der Waals surface area contributed by atoms with Crippen molar-refractivity contribution in [3.8, 4) is 0 Å². The van der Waals surface area contributed by atoms with Crippen LogP contribution < -0.4 is 0 Å². The quantitative estimate of drug-likeness (QED) is 0.310. The summed E-state index contributed by atoms with van der Waals surface area (Å²) in [7, 11) is -3.44. The SMILES string of the molecule is [CH2-][Si](C)(C)C.[CH2-][Si](C)(C)C.[CH2-][Si](C)(C)C.[CH2-][Si](C)(C)C.[Cr+4]. The van der Waals surface area contributed by atoms with Crippen LogP contribution in [0.25, 0.3) is 0 Å². The van der Waals surface area contributed by atoms with Crippen molar-refractivity contribution in [3.63, 3.8) is 0 Å². The Morgan fingerprint density at radius 1 is 0.333 bits per heavy atom. The van der Waals surface area contributed by atoms with Crippen LogP contribution in [0.5, 0.6) is 0 Å². The van der Waals surface area contributed by atoms with Gasteiger partial charge in [0.2, 0.25) is 0 Å². The third-order valence-corrected chi connectivity index (χ3v) is 0. The molecule has 0 nitrogen and oxygen atoms in total. The van der Waals surface area contributed by atoms with E-state index in [-0.39, 0.29) is 17.4 Å². The van der Waals surface area contributed by atoms with Gasteiger partial charge in [0.1, 0.15) is 0 Å². The molecule has 0 aromatic heterocycles. The topological polar surface area (TPSA) is 0 Å². The van der Waals surface area contributed by atoms with Gasteiger partial charge in [0, 0.05) is 0 Å². The Morgan fingerprint density at radius 3 is 0.333 bits per heavy atom. The van der Waals surface area contributed by atoms with Crippen molar-refractivity contribution in [2.24, 2.45) is 0 Å². The molecule has 0 amide bonds. The molecule has 0 bridgehead atoms. The van der Waals surface area contributed by atoms with Crippen molar-refractivity contribution in [2.45, 2.75) is 78.6 Å². The molecule has 0 unspecified atom stereocenters. The summed E-state index contributed by atoms with van der Waals surface area (Å²) in [5, 5.41) is 0. The maximum absolute atomic E-state index is 3.91. The minimum atomic E-state index is -0.861. The summed E-state index contributed by atoms with van der Waals surface area (Å²) in [5.74, 6) is 0. The largest absolute Gasteiger partial charge is 4.00 e. The van der Waals surface area contributed by atoms with Crippen molar-refractivity contribution in [3.05, 3.63) is 26.2 Å².